The van der Waals surface area contributed by atoms with Crippen molar-refractivity contribution in [1.82, 2.24) is 0 Å². The monoisotopic (exact) mass is 268 g/mol. The van der Waals surface area contributed by atoms with Gasteiger partial charge in [0, 0.05) is 6.61 Å². The highest BCUT2D eigenvalue weighted by Crippen LogP contribution is 2.17. The summed E-state index contributed by atoms with van der Waals surface area (Å²) in [5.41, 5.74) is 8.28. The number of benzene rings is 2. The van der Waals surface area contributed by atoms with Gasteiger partial charge in [-0.2, -0.15) is 0 Å². The van der Waals surface area contributed by atoms with Crippen LogP contribution in [0.25, 0.3) is 0 Å². The fourth-order valence-electron chi connectivity index (χ4n) is 2.00. The van der Waals surface area contributed by atoms with Gasteiger partial charge in [0.2, 0.25) is 0 Å². The number of hydrogen-bond acceptors (Lipinski definition) is 2. The first-order valence-electron chi connectivity index (χ1n) is 6.81. The van der Waals surface area contributed by atoms with Gasteiger partial charge in [-0.25, -0.2) is 0 Å². The van der Waals surface area contributed by atoms with Gasteiger partial charge in [-0.1, -0.05) is 60.7 Å². The van der Waals surface area contributed by atoms with Crippen molar-refractivity contribution in [2.24, 2.45) is 10.7 Å². The molecule has 0 spiro atoms. The second-order valence-electron chi connectivity index (χ2n) is 4.47. The molecule has 0 radical (unpaired) electrons. The quantitative estimate of drug-likeness (QED) is 0.645. The number of aliphatic imine (C=N–C) groups is 1. The summed E-state index contributed by atoms with van der Waals surface area (Å²) in [6.45, 7) is 3.13. The SMILES string of the molecule is CCOC(C(N)=NCc1ccccc1)c1ccccc1. The highest BCUT2D eigenvalue weighted by molar-refractivity contribution is 5.86. The number of rotatable bonds is 6. The van der Waals surface area contributed by atoms with Crippen LogP contribution in [0.4, 0.5) is 0 Å². The molecule has 0 bridgehead atoms. The Labute approximate surface area is 120 Å². The van der Waals surface area contributed by atoms with Crippen LogP contribution in [0.3, 0.4) is 0 Å². The van der Waals surface area contributed by atoms with E-state index in [0.717, 1.165) is 11.1 Å². The molecule has 0 aromatic heterocycles. The van der Waals surface area contributed by atoms with E-state index in [4.69, 9.17) is 10.5 Å². The summed E-state index contributed by atoms with van der Waals surface area (Å²) in [7, 11) is 0. The van der Waals surface area contributed by atoms with Gasteiger partial charge >= 0.3 is 0 Å². The van der Waals surface area contributed by atoms with Gasteiger partial charge in [0.05, 0.1) is 6.54 Å². The van der Waals surface area contributed by atoms with E-state index in [1.807, 2.05) is 67.6 Å². The zero-order valence-electron chi connectivity index (χ0n) is 11.7. The van der Waals surface area contributed by atoms with Crippen LogP contribution in [0.1, 0.15) is 24.2 Å². The lowest BCUT2D eigenvalue weighted by Crippen LogP contribution is -2.24. The first-order valence-corrected chi connectivity index (χ1v) is 6.81. The molecule has 0 saturated heterocycles. The summed E-state index contributed by atoms with van der Waals surface area (Å²) in [6.07, 6.45) is -0.273. The van der Waals surface area contributed by atoms with Gasteiger partial charge in [-0.15, -0.1) is 0 Å². The Morgan fingerprint density at radius 1 is 1.05 bits per heavy atom. The lowest BCUT2D eigenvalue weighted by atomic mass is 10.1. The van der Waals surface area contributed by atoms with E-state index in [1.165, 1.54) is 0 Å². The number of amidine groups is 1. The molecule has 3 heteroatoms. The van der Waals surface area contributed by atoms with Crippen LogP contribution in [0, 0.1) is 0 Å². The summed E-state index contributed by atoms with van der Waals surface area (Å²) in [4.78, 5) is 4.46. The number of nitrogens with two attached hydrogens (primary N) is 1. The third-order valence-electron chi connectivity index (χ3n) is 2.99. The van der Waals surface area contributed by atoms with Gasteiger partial charge in [0.1, 0.15) is 11.9 Å². The number of ether oxygens (including phenoxy) is 1. The van der Waals surface area contributed by atoms with E-state index < -0.39 is 0 Å². The van der Waals surface area contributed by atoms with Gasteiger partial charge in [0.25, 0.3) is 0 Å². The lowest BCUT2D eigenvalue weighted by molar-refractivity contribution is 0.109. The Bertz CT molecular complexity index is 537. The molecular formula is C17H20N2O. The predicted octanol–water partition coefficient (Wildman–Crippen LogP) is 3.32. The van der Waals surface area contributed by atoms with Crippen molar-refractivity contribution >= 4 is 5.84 Å². The topological polar surface area (TPSA) is 47.6 Å². The maximum Gasteiger partial charge on any atom is 0.139 e. The molecule has 1 atom stereocenters. The minimum atomic E-state index is -0.273. The van der Waals surface area contributed by atoms with Gasteiger partial charge in [-0.3, -0.25) is 4.99 Å². The Kier molecular flexibility index (Phi) is 5.33. The van der Waals surface area contributed by atoms with Crippen LogP contribution in [0.15, 0.2) is 65.7 Å². The highest BCUT2D eigenvalue weighted by atomic mass is 16.5. The van der Waals surface area contributed by atoms with Crippen LogP contribution in [0.2, 0.25) is 0 Å². The van der Waals surface area contributed by atoms with E-state index in [-0.39, 0.29) is 6.10 Å². The molecule has 0 heterocycles. The van der Waals surface area contributed by atoms with E-state index in [9.17, 15) is 0 Å². The maximum absolute atomic E-state index is 6.11. The van der Waals surface area contributed by atoms with Crippen molar-refractivity contribution in [2.45, 2.75) is 19.6 Å². The zero-order chi connectivity index (χ0) is 14.2. The summed E-state index contributed by atoms with van der Waals surface area (Å²) in [5.74, 6) is 0.516. The van der Waals surface area contributed by atoms with Crippen LogP contribution in [-0.4, -0.2) is 12.4 Å². The minimum absolute atomic E-state index is 0.273. The summed E-state index contributed by atoms with van der Waals surface area (Å²) >= 11 is 0. The third kappa shape index (κ3) is 3.93. The van der Waals surface area contributed by atoms with Crippen LogP contribution < -0.4 is 5.73 Å². The summed E-state index contributed by atoms with van der Waals surface area (Å²) in [6, 6.07) is 20.0. The minimum Gasteiger partial charge on any atom is -0.385 e. The average molecular weight is 268 g/mol. The largest absolute Gasteiger partial charge is 0.385 e. The molecule has 3 nitrogen and oxygen atoms in total. The van der Waals surface area contributed by atoms with E-state index in [1.54, 1.807) is 0 Å². The zero-order valence-corrected chi connectivity index (χ0v) is 11.7. The molecule has 0 aliphatic carbocycles. The molecule has 2 aromatic rings. The van der Waals surface area contributed by atoms with E-state index >= 15 is 0 Å². The predicted molar refractivity (Wildman–Crippen MR) is 82.6 cm³/mol. The number of nitrogens with zero attached hydrogens (tertiary/aromatic N) is 1. The highest BCUT2D eigenvalue weighted by Gasteiger charge is 2.15. The molecule has 2 aromatic carbocycles. The molecular weight excluding hydrogens is 248 g/mol. The average Bonchev–Trinajstić information content (AvgIpc) is 2.52. The van der Waals surface area contributed by atoms with E-state index in [2.05, 4.69) is 4.99 Å². The Balaban J connectivity index is 2.13. The summed E-state index contributed by atoms with van der Waals surface area (Å²) < 4.78 is 5.72. The van der Waals surface area contributed by atoms with Gasteiger partial charge in [-0.05, 0) is 18.1 Å². The molecule has 0 amide bonds. The van der Waals surface area contributed by atoms with Gasteiger partial charge < -0.3 is 10.5 Å². The van der Waals surface area contributed by atoms with Crippen molar-refractivity contribution < 1.29 is 4.74 Å². The third-order valence-corrected chi connectivity index (χ3v) is 2.99. The molecule has 20 heavy (non-hydrogen) atoms. The van der Waals surface area contributed by atoms with Crippen molar-refractivity contribution in [3.63, 3.8) is 0 Å². The molecule has 2 rings (SSSR count). The van der Waals surface area contributed by atoms with Crippen LogP contribution in [-0.2, 0) is 11.3 Å². The fraction of sp³-hybridized carbons (Fsp3) is 0.235. The normalized spacial score (nSPS) is 13.2. The maximum atomic E-state index is 6.11. The van der Waals surface area contributed by atoms with Gasteiger partial charge in [0.15, 0.2) is 0 Å². The first-order chi connectivity index (χ1) is 9.81. The van der Waals surface area contributed by atoms with Crippen molar-refractivity contribution in [3.8, 4) is 0 Å². The van der Waals surface area contributed by atoms with Crippen molar-refractivity contribution in [1.29, 1.82) is 0 Å². The van der Waals surface area contributed by atoms with Crippen molar-refractivity contribution in [2.75, 3.05) is 6.61 Å². The Hall–Kier alpha value is -2.13. The molecule has 0 aliphatic rings. The van der Waals surface area contributed by atoms with Crippen LogP contribution >= 0.6 is 0 Å². The molecule has 104 valence electrons. The van der Waals surface area contributed by atoms with Crippen molar-refractivity contribution in [3.05, 3.63) is 71.8 Å². The molecule has 2 N–H and O–H groups in total. The Morgan fingerprint density at radius 2 is 1.65 bits per heavy atom. The second kappa shape index (κ2) is 7.46. The molecule has 0 saturated carbocycles. The smallest absolute Gasteiger partial charge is 0.139 e. The number of hydrogen-bond donors (Lipinski definition) is 1. The summed E-state index contributed by atoms with van der Waals surface area (Å²) in [5, 5.41) is 0. The molecule has 1 unspecified atom stereocenters. The lowest BCUT2D eigenvalue weighted by Gasteiger charge is -2.17. The Morgan fingerprint density at radius 3 is 2.25 bits per heavy atom. The standard InChI is InChI=1S/C17H20N2O/c1-2-20-16(15-11-7-4-8-12-15)17(18)19-13-14-9-5-3-6-10-14/h3-12,16H,2,13H2,1H3,(H2,18,19). The fourth-order valence-corrected chi connectivity index (χ4v) is 2.00. The molecule has 0 fully saturated rings. The first kappa shape index (κ1) is 14.3. The molecule has 0 aliphatic heterocycles. The van der Waals surface area contributed by atoms with Crippen LogP contribution in [0.5, 0.6) is 0 Å². The van der Waals surface area contributed by atoms with E-state index in [0.29, 0.717) is 19.0 Å². The second-order valence-corrected chi connectivity index (χ2v) is 4.47.